The fraction of sp³-hybridized carbons (Fsp3) is 0.500. The summed E-state index contributed by atoms with van der Waals surface area (Å²) in [6.07, 6.45) is 2.41. The number of rotatable bonds is 5. The quantitative estimate of drug-likeness (QED) is 0.890. The molecule has 1 fully saturated rings. The molecule has 1 aliphatic rings. The third-order valence-corrected chi connectivity index (χ3v) is 4.81. The summed E-state index contributed by atoms with van der Waals surface area (Å²) in [7, 11) is 0. The summed E-state index contributed by atoms with van der Waals surface area (Å²) in [6, 6.07) is 3.58. The summed E-state index contributed by atoms with van der Waals surface area (Å²) in [4.78, 5) is 18.3. The van der Waals surface area contributed by atoms with Gasteiger partial charge in [-0.25, -0.2) is 4.79 Å². The number of likely N-dealkylation sites (tertiary alicyclic amines) is 1. The highest BCUT2D eigenvalue weighted by atomic mass is 16.5. The molecule has 0 unspecified atom stereocenters. The number of piperidine rings is 1. The van der Waals surface area contributed by atoms with Crippen molar-refractivity contribution in [2.24, 2.45) is 0 Å². The molecule has 0 atom stereocenters. The Balaban J connectivity index is 1.68. The highest BCUT2D eigenvalue weighted by Gasteiger charge is 2.44. The maximum absolute atomic E-state index is 11.9. The van der Waals surface area contributed by atoms with E-state index in [0.29, 0.717) is 38.2 Å². The van der Waals surface area contributed by atoms with Crippen molar-refractivity contribution in [2.75, 3.05) is 13.1 Å². The molecule has 3 heterocycles. The highest BCUT2D eigenvalue weighted by molar-refractivity contribution is 5.78. The number of carboxylic acids is 1. The van der Waals surface area contributed by atoms with Crippen LogP contribution in [0.1, 0.15) is 35.6 Å². The van der Waals surface area contributed by atoms with Crippen LogP contribution in [0.15, 0.2) is 22.9 Å². The first-order valence-corrected chi connectivity index (χ1v) is 8.39. The normalized spacial score (nSPS) is 17.4. The molecule has 1 N–H and O–H groups in total. The van der Waals surface area contributed by atoms with Gasteiger partial charge in [-0.15, -0.1) is 0 Å². The fourth-order valence-electron chi connectivity index (χ4n) is 3.12. The van der Waals surface area contributed by atoms with E-state index in [4.69, 9.17) is 9.26 Å². The van der Waals surface area contributed by atoms with Crippen molar-refractivity contribution in [1.29, 1.82) is 0 Å². The van der Waals surface area contributed by atoms with Crippen LogP contribution < -0.4 is 4.74 Å². The van der Waals surface area contributed by atoms with E-state index in [1.54, 1.807) is 12.3 Å². The van der Waals surface area contributed by atoms with E-state index in [1.165, 1.54) is 0 Å². The fourth-order valence-corrected chi connectivity index (χ4v) is 3.12. The molecule has 0 spiro atoms. The molecule has 0 bridgehead atoms. The van der Waals surface area contributed by atoms with Gasteiger partial charge in [0.25, 0.3) is 0 Å². The van der Waals surface area contributed by atoms with Crippen LogP contribution in [0.2, 0.25) is 0 Å². The molecule has 134 valence electrons. The standard InChI is InChI=1S/C18H23N3O4/c1-12-4-5-15(10-19-12)24-18(17(22)23)6-8-21(9-7-18)11-16-13(2)20-25-14(16)3/h4-5,10H,6-9,11H2,1-3H3,(H,22,23). The Bertz CT molecular complexity index is 727. The van der Waals surface area contributed by atoms with Crippen molar-refractivity contribution < 1.29 is 19.2 Å². The largest absolute Gasteiger partial charge is 0.478 e. The highest BCUT2D eigenvalue weighted by Crippen LogP contribution is 2.30. The number of aryl methyl sites for hydroxylation is 3. The average molecular weight is 345 g/mol. The summed E-state index contributed by atoms with van der Waals surface area (Å²) < 4.78 is 11.1. The zero-order chi connectivity index (χ0) is 18.0. The monoisotopic (exact) mass is 345 g/mol. The summed E-state index contributed by atoms with van der Waals surface area (Å²) in [6.45, 7) is 7.68. The first kappa shape index (κ1) is 17.4. The Morgan fingerprint density at radius 2 is 2.04 bits per heavy atom. The van der Waals surface area contributed by atoms with Gasteiger partial charge in [0.1, 0.15) is 11.5 Å². The lowest BCUT2D eigenvalue weighted by atomic mass is 9.90. The van der Waals surface area contributed by atoms with Crippen LogP contribution in [-0.2, 0) is 11.3 Å². The second kappa shape index (κ2) is 6.84. The van der Waals surface area contributed by atoms with E-state index < -0.39 is 11.6 Å². The molecule has 25 heavy (non-hydrogen) atoms. The molecule has 0 amide bonds. The second-order valence-electron chi connectivity index (χ2n) is 6.62. The number of pyridine rings is 1. The Morgan fingerprint density at radius 3 is 2.56 bits per heavy atom. The molecule has 7 heteroatoms. The number of ether oxygens (including phenoxy) is 1. The number of carboxylic acid groups (broad SMARTS) is 1. The van der Waals surface area contributed by atoms with Gasteiger partial charge in [0, 0.05) is 43.7 Å². The minimum atomic E-state index is -1.20. The SMILES string of the molecule is Cc1ccc(OC2(C(=O)O)CCN(Cc3c(C)noc3C)CC2)cn1. The molecule has 2 aromatic rings. The summed E-state index contributed by atoms with van der Waals surface area (Å²) >= 11 is 0. The number of nitrogens with zero attached hydrogens (tertiary/aromatic N) is 3. The van der Waals surface area contributed by atoms with Crippen molar-refractivity contribution in [3.63, 3.8) is 0 Å². The Kier molecular flexibility index (Phi) is 4.76. The van der Waals surface area contributed by atoms with E-state index in [2.05, 4.69) is 15.0 Å². The van der Waals surface area contributed by atoms with Crippen LogP contribution in [-0.4, -0.2) is 44.8 Å². The van der Waals surface area contributed by atoms with Crippen LogP contribution in [0, 0.1) is 20.8 Å². The number of hydrogen-bond donors (Lipinski definition) is 1. The molecule has 0 saturated carbocycles. The van der Waals surface area contributed by atoms with Crippen molar-refractivity contribution in [2.45, 2.75) is 45.8 Å². The van der Waals surface area contributed by atoms with Gasteiger partial charge in [-0.05, 0) is 32.9 Å². The van der Waals surface area contributed by atoms with Gasteiger partial charge < -0.3 is 14.4 Å². The summed E-state index contributed by atoms with van der Waals surface area (Å²) in [5, 5.41) is 13.7. The van der Waals surface area contributed by atoms with Crippen molar-refractivity contribution >= 4 is 5.97 Å². The number of aromatic nitrogens is 2. The van der Waals surface area contributed by atoms with Gasteiger partial charge in [-0.1, -0.05) is 5.16 Å². The van der Waals surface area contributed by atoms with Gasteiger partial charge in [0.05, 0.1) is 11.9 Å². The average Bonchev–Trinajstić information content (AvgIpc) is 2.90. The number of carbonyl (C=O) groups is 1. The van der Waals surface area contributed by atoms with Gasteiger partial charge in [-0.3, -0.25) is 9.88 Å². The second-order valence-corrected chi connectivity index (χ2v) is 6.62. The van der Waals surface area contributed by atoms with Crippen LogP contribution >= 0.6 is 0 Å². The maximum atomic E-state index is 11.9. The van der Waals surface area contributed by atoms with E-state index in [0.717, 1.165) is 22.7 Å². The van der Waals surface area contributed by atoms with Crippen LogP contribution in [0.3, 0.4) is 0 Å². The molecule has 3 rings (SSSR count). The molecular weight excluding hydrogens is 322 g/mol. The lowest BCUT2D eigenvalue weighted by molar-refractivity contribution is -0.159. The Morgan fingerprint density at radius 1 is 1.32 bits per heavy atom. The van der Waals surface area contributed by atoms with E-state index in [9.17, 15) is 9.90 Å². The van der Waals surface area contributed by atoms with Crippen molar-refractivity contribution in [3.8, 4) is 5.75 Å². The molecule has 0 aromatic carbocycles. The lowest BCUT2D eigenvalue weighted by Gasteiger charge is -2.38. The summed E-state index contributed by atoms with van der Waals surface area (Å²) in [5.41, 5.74) is 1.62. The van der Waals surface area contributed by atoms with Gasteiger partial charge in [0.15, 0.2) is 0 Å². The lowest BCUT2D eigenvalue weighted by Crippen LogP contribution is -2.53. The Labute approximate surface area is 146 Å². The minimum absolute atomic E-state index is 0.416. The number of aliphatic carboxylic acids is 1. The first-order chi connectivity index (χ1) is 11.9. The third-order valence-electron chi connectivity index (χ3n) is 4.81. The van der Waals surface area contributed by atoms with E-state index in [-0.39, 0.29) is 0 Å². The van der Waals surface area contributed by atoms with Crippen LogP contribution in [0.5, 0.6) is 5.75 Å². The molecule has 2 aromatic heterocycles. The van der Waals surface area contributed by atoms with Crippen LogP contribution in [0.4, 0.5) is 0 Å². The van der Waals surface area contributed by atoms with E-state index in [1.807, 2.05) is 26.8 Å². The summed E-state index contributed by atoms with van der Waals surface area (Å²) in [5.74, 6) is 0.381. The predicted octanol–water partition coefficient (Wildman–Crippen LogP) is 2.49. The molecule has 0 aliphatic carbocycles. The van der Waals surface area contributed by atoms with E-state index >= 15 is 0 Å². The zero-order valence-corrected chi connectivity index (χ0v) is 14.8. The zero-order valence-electron chi connectivity index (χ0n) is 14.8. The molecule has 1 saturated heterocycles. The molecule has 1 aliphatic heterocycles. The van der Waals surface area contributed by atoms with Crippen molar-refractivity contribution in [1.82, 2.24) is 15.0 Å². The third kappa shape index (κ3) is 3.66. The van der Waals surface area contributed by atoms with Crippen molar-refractivity contribution in [3.05, 3.63) is 41.0 Å². The van der Waals surface area contributed by atoms with Crippen LogP contribution in [0.25, 0.3) is 0 Å². The van der Waals surface area contributed by atoms with Gasteiger partial charge >= 0.3 is 5.97 Å². The minimum Gasteiger partial charge on any atom is -0.478 e. The molecule has 7 nitrogen and oxygen atoms in total. The molecular formula is C18H23N3O4. The predicted molar refractivity (Wildman–Crippen MR) is 90.5 cm³/mol. The smallest absolute Gasteiger partial charge is 0.348 e. The number of hydrogen-bond acceptors (Lipinski definition) is 6. The van der Waals surface area contributed by atoms with Gasteiger partial charge in [-0.2, -0.15) is 0 Å². The van der Waals surface area contributed by atoms with Gasteiger partial charge in [0.2, 0.25) is 5.60 Å². The molecule has 0 radical (unpaired) electrons. The Hall–Kier alpha value is -2.41. The first-order valence-electron chi connectivity index (χ1n) is 8.39. The topological polar surface area (TPSA) is 88.7 Å². The maximum Gasteiger partial charge on any atom is 0.348 e.